The van der Waals surface area contributed by atoms with E-state index in [1.165, 1.54) is 16.5 Å². The number of aliphatic hydroxyl groups is 1. The van der Waals surface area contributed by atoms with Gasteiger partial charge in [-0.05, 0) is 42.4 Å². The lowest BCUT2D eigenvalue weighted by atomic mass is 9.97. The van der Waals surface area contributed by atoms with Gasteiger partial charge in [-0.25, -0.2) is 0 Å². The van der Waals surface area contributed by atoms with Gasteiger partial charge in [0, 0.05) is 35.8 Å². The Morgan fingerprint density at radius 2 is 2.18 bits per heavy atom. The van der Waals surface area contributed by atoms with Crippen LogP contribution in [0.2, 0.25) is 5.02 Å². The molecule has 1 aromatic carbocycles. The number of aliphatic hydroxyl groups excluding tert-OH is 1. The minimum Gasteiger partial charge on any atom is -0.396 e. The van der Waals surface area contributed by atoms with E-state index in [1.54, 1.807) is 0 Å². The van der Waals surface area contributed by atoms with Gasteiger partial charge in [-0.2, -0.15) is 0 Å². The Morgan fingerprint density at radius 1 is 1.41 bits per heavy atom. The second kappa shape index (κ2) is 3.76. The average molecular weight is 250 g/mol. The lowest BCUT2D eigenvalue weighted by Crippen LogP contribution is -2.09. The van der Waals surface area contributed by atoms with E-state index >= 15 is 0 Å². The Bertz CT molecular complexity index is 569. The molecule has 1 aliphatic carbocycles. The van der Waals surface area contributed by atoms with Crippen LogP contribution < -0.4 is 0 Å². The highest BCUT2D eigenvalue weighted by atomic mass is 35.5. The van der Waals surface area contributed by atoms with Crippen LogP contribution in [0.5, 0.6) is 0 Å². The lowest BCUT2D eigenvalue weighted by molar-refractivity contribution is 0.211. The van der Waals surface area contributed by atoms with E-state index in [1.807, 2.05) is 19.2 Å². The summed E-state index contributed by atoms with van der Waals surface area (Å²) in [6, 6.07) is 6.02. The molecule has 2 aromatic rings. The molecule has 1 aromatic heterocycles. The molecule has 0 aliphatic heterocycles. The van der Waals surface area contributed by atoms with Crippen molar-refractivity contribution in [3.05, 3.63) is 35.0 Å². The van der Waals surface area contributed by atoms with Crippen molar-refractivity contribution in [1.29, 1.82) is 0 Å². The summed E-state index contributed by atoms with van der Waals surface area (Å²) < 4.78 is 2.12. The van der Waals surface area contributed by atoms with Crippen molar-refractivity contribution in [3.63, 3.8) is 0 Å². The summed E-state index contributed by atoms with van der Waals surface area (Å²) in [5.74, 6) is 0. The largest absolute Gasteiger partial charge is 0.396 e. The number of nitrogens with zero attached hydrogens (tertiary/aromatic N) is 1. The van der Waals surface area contributed by atoms with Gasteiger partial charge in [-0.3, -0.25) is 0 Å². The van der Waals surface area contributed by atoms with Crippen LogP contribution in [-0.2, 0) is 13.5 Å². The minimum absolute atomic E-state index is 0.161. The van der Waals surface area contributed by atoms with Gasteiger partial charge in [0.1, 0.15) is 0 Å². The summed E-state index contributed by atoms with van der Waals surface area (Å²) in [5, 5.41) is 11.4. The zero-order valence-electron chi connectivity index (χ0n) is 9.91. The fourth-order valence-electron chi connectivity index (χ4n) is 2.55. The summed E-state index contributed by atoms with van der Waals surface area (Å²) >= 11 is 6.02. The van der Waals surface area contributed by atoms with Gasteiger partial charge < -0.3 is 9.67 Å². The van der Waals surface area contributed by atoms with Gasteiger partial charge >= 0.3 is 0 Å². The Kier molecular flexibility index (Phi) is 2.46. The molecule has 1 N–H and O–H groups in total. The molecule has 0 bridgehead atoms. The molecule has 0 radical (unpaired) electrons. The van der Waals surface area contributed by atoms with Gasteiger partial charge in [0.05, 0.1) is 0 Å². The highest BCUT2D eigenvalue weighted by Gasteiger charge is 2.42. The third kappa shape index (κ3) is 1.85. The van der Waals surface area contributed by atoms with Crippen molar-refractivity contribution in [2.75, 3.05) is 6.61 Å². The molecule has 2 nitrogen and oxygen atoms in total. The third-order valence-electron chi connectivity index (χ3n) is 3.89. The number of fused-ring (bicyclic) bond motifs is 1. The molecular weight excluding hydrogens is 234 g/mol. The zero-order chi connectivity index (χ0) is 12.0. The molecule has 1 fully saturated rings. The lowest BCUT2D eigenvalue weighted by Gasteiger charge is -2.09. The van der Waals surface area contributed by atoms with Gasteiger partial charge in [-0.15, -0.1) is 0 Å². The Morgan fingerprint density at radius 3 is 2.82 bits per heavy atom. The van der Waals surface area contributed by atoms with Gasteiger partial charge in [0.25, 0.3) is 0 Å². The van der Waals surface area contributed by atoms with E-state index < -0.39 is 0 Å². The Hall–Kier alpha value is -0.990. The molecule has 0 atom stereocenters. The highest BCUT2D eigenvalue weighted by molar-refractivity contribution is 6.31. The molecule has 0 amide bonds. The molecular formula is C14H16ClNO. The van der Waals surface area contributed by atoms with Crippen LogP contribution in [0.3, 0.4) is 0 Å². The number of aromatic nitrogens is 1. The van der Waals surface area contributed by atoms with Crippen LogP contribution in [-0.4, -0.2) is 16.3 Å². The molecule has 1 saturated carbocycles. The monoisotopic (exact) mass is 249 g/mol. The molecule has 1 heterocycles. The van der Waals surface area contributed by atoms with Crippen LogP contribution in [0, 0.1) is 5.41 Å². The van der Waals surface area contributed by atoms with Crippen molar-refractivity contribution in [2.24, 2.45) is 12.5 Å². The first-order valence-corrected chi connectivity index (χ1v) is 6.36. The van der Waals surface area contributed by atoms with E-state index in [4.69, 9.17) is 11.6 Å². The quantitative estimate of drug-likeness (QED) is 0.888. The molecule has 3 heteroatoms. The minimum atomic E-state index is 0.161. The predicted molar refractivity (Wildman–Crippen MR) is 70.4 cm³/mol. The van der Waals surface area contributed by atoms with Crippen LogP contribution in [0.4, 0.5) is 0 Å². The topological polar surface area (TPSA) is 25.2 Å². The number of aryl methyl sites for hydroxylation is 1. The molecule has 3 rings (SSSR count). The van der Waals surface area contributed by atoms with Crippen LogP contribution in [0.15, 0.2) is 24.4 Å². The SMILES string of the molecule is Cn1cc(CC2(CO)CC2)c2ccc(Cl)cc21. The summed E-state index contributed by atoms with van der Waals surface area (Å²) in [4.78, 5) is 0. The standard InChI is InChI=1S/C14H16ClNO/c1-16-8-10(7-14(9-17)4-5-14)12-3-2-11(15)6-13(12)16/h2-3,6,8,17H,4-5,7,9H2,1H3. The van der Waals surface area contributed by atoms with Crippen molar-refractivity contribution < 1.29 is 5.11 Å². The normalized spacial score (nSPS) is 17.6. The maximum atomic E-state index is 9.41. The molecule has 0 unspecified atom stereocenters. The number of hydrogen-bond acceptors (Lipinski definition) is 1. The summed E-state index contributed by atoms with van der Waals surface area (Å²) in [5.41, 5.74) is 2.65. The zero-order valence-corrected chi connectivity index (χ0v) is 10.7. The van der Waals surface area contributed by atoms with Crippen molar-refractivity contribution in [2.45, 2.75) is 19.3 Å². The van der Waals surface area contributed by atoms with Gasteiger partial charge in [0.2, 0.25) is 0 Å². The number of benzene rings is 1. The molecule has 90 valence electrons. The maximum absolute atomic E-state index is 9.41. The average Bonchev–Trinajstić information content (AvgIpc) is 3.02. The second-order valence-electron chi connectivity index (χ2n) is 5.26. The molecule has 17 heavy (non-hydrogen) atoms. The van der Waals surface area contributed by atoms with E-state index in [9.17, 15) is 5.11 Å². The fraction of sp³-hybridized carbons (Fsp3) is 0.429. The van der Waals surface area contributed by atoms with Crippen molar-refractivity contribution >= 4 is 22.5 Å². The van der Waals surface area contributed by atoms with E-state index in [2.05, 4.69) is 16.8 Å². The third-order valence-corrected chi connectivity index (χ3v) is 4.13. The number of hydrogen-bond donors (Lipinski definition) is 1. The highest BCUT2D eigenvalue weighted by Crippen LogP contribution is 2.48. The van der Waals surface area contributed by atoms with Crippen LogP contribution >= 0.6 is 11.6 Å². The van der Waals surface area contributed by atoms with Crippen LogP contribution in [0.25, 0.3) is 10.9 Å². The maximum Gasteiger partial charge on any atom is 0.0495 e. The van der Waals surface area contributed by atoms with E-state index in [0.717, 1.165) is 24.3 Å². The summed E-state index contributed by atoms with van der Waals surface area (Å²) in [6.07, 6.45) is 5.43. The fourth-order valence-corrected chi connectivity index (χ4v) is 2.72. The summed E-state index contributed by atoms with van der Waals surface area (Å²) in [7, 11) is 2.04. The van der Waals surface area contributed by atoms with Crippen molar-refractivity contribution in [1.82, 2.24) is 4.57 Å². The molecule has 0 saturated heterocycles. The van der Waals surface area contributed by atoms with Crippen molar-refractivity contribution in [3.8, 4) is 0 Å². The van der Waals surface area contributed by atoms with Gasteiger partial charge in [-0.1, -0.05) is 17.7 Å². The van der Waals surface area contributed by atoms with Crippen LogP contribution in [0.1, 0.15) is 18.4 Å². The first-order chi connectivity index (χ1) is 8.13. The van der Waals surface area contributed by atoms with E-state index in [-0.39, 0.29) is 5.41 Å². The Labute approximate surface area is 106 Å². The first-order valence-electron chi connectivity index (χ1n) is 5.98. The number of rotatable bonds is 3. The van der Waals surface area contributed by atoms with Gasteiger partial charge in [0.15, 0.2) is 0 Å². The second-order valence-corrected chi connectivity index (χ2v) is 5.70. The van der Waals surface area contributed by atoms with E-state index in [0.29, 0.717) is 6.61 Å². The smallest absolute Gasteiger partial charge is 0.0495 e. The predicted octanol–water partition coefficient (Wildman–Crippen LogP) is 3.15. The first kappa shape index (κ1) is 11.1. The Balaban J connectivity index is 2.05. The molecule has 0 spiro atoms. The molecule has 1 aliphatic rings. The summed E-state index contributed by atoms with van der Waals surface area (Å²) in [6.45, 7) is 0.303. The number of halogens is 1.